The van der Waals surface area contributed by atoms with E-state index in [9.17, 15) is 4.79 Å². The number of aromatic nitrogens is 3. The third-order valence-corrected chi connectivity index (χ3v) is 5.38. The van der Waals surface area contributed by atoms with Crippen LogP contribution in [0.5, 0.6) is 0 Å². The van der Waals surface area contributed by atoms with E-state index >= 15 is 0 Å². The Hall–Kier alpha value is -1.99. The number of hydrogen-bond donors (Lipinski definition) is 0. The Balaban J connectivity index is 1.64. The number of ether oxygens (including phenoxy) is 1. The summed E-state index contributed by atoms with van der Waals surface area (Å²) >= 11 is 0. The van der Waals surface area contributed by atoms with E-state index in [2.05, 4.69) is 16.8 Å². The quantitative estimate of drug-likeness (QED) is 0.838. The summed E-state index contributed by atoms with van der Waals surface area (Å²) in [5.41, 5.74) is 4.34. The molecule has 0 bridgehead atoms. The van der Waals surface area contributed by atoms with E-state index < -0.39 is 0 Å². The molecule has 2 aliphatic rings. The van der Waals surface area contributed by atoms with Crippen molar-refractivity contribution in [3.8, 4) is 0 Å². The molecule has 0 aliphatic carbocycles. The lowest BCUT2D eigenvalue weighted by Gasteiger charge is -2.26. The predicted molar refractivity (Wildman–Crippen MR) is 93.4 cm³/mol. The topological polar surface area (TPSA) is 63.0 Å². The summed E-state index contributed by atoms with van der Waals surface area (Å²) in [5, 5.41) is 4.79. The summed E-state index contributed by atoms with van der Waals surface area (Å²) in [6.07, 6.45) is 2.86. The van der Waals surface area contributed by atoms with E-state index in [1.165, 1.54) is 5.56 Å². The van der Waals surface area contributed by atoms with Crippen LogP contribution in [0, 0.1) is 6.92 Å². The van der Waals surface area contributed by atoms with Gasteiger partial charge < -0.3 is 9.64 Å². The van der Waals surface area contributed by atoms with Crippen LogP contribution in [0.2, 0.25) is 0 Å². The van der Waals surface area contributed by atoms with Crippen LogP contribution < -0.4 is 0 Å². The average molecular weight is 343 g/mol. The first-order chi connectivity index (χ1) is 12.1. The number of amides is 1. The van der Waals surface area contributed by atoms with E-state index in [4.69, 9.17) is 9.84 Å². The van der Waals surface area contributed by atoms with Crippen LogP contribution in [-0.4, -0.2) is 69.7 Å². The van der Waals surface area contributed by atoms with Crippen molar-refractivity contribution in [3.05, 3.63) is 29.2 Å². The highest BCUT2D eigenvalue weighted by molar-refractivity contribution is 5.73. The van der Waals surface area contributed by atoms with Gasteiger partial charge in [-0.05, 0) is 19.4 Å². The molecule has 134 valence electrons. The lowest BCUT2D eigenvalue weighted by molar-refractivity contribution is -0.127. The molecule has 0 saturated carbocycles. The van der Waals surface area contributed by atoms with E-state index in [1.54, 1.807) is 6.92 Å². The van der Waals surface area contributed by atoms with Gasteiger partial charge in [-0.25, -0.2) is 9.50 Å². The van der Waals surface area contributed by atoms with Crippen molar-refractivity contribution in [3.63, 3.8) is 0 Å². The van der Waals surface area contributed by atoms with Gasteiger partial charge in [0.25, 0.3) is 0 Å². The number of nitrogens with zero attached hydrogens (tertiary/aromatic N) is 5. The molecule has 0 radical (unpaired) electrons. The van der Waals surface area contributed by atoms with Crippen LogP contribution in [0.1, 0.15) is 36.2 Å². The molecule has 4 heterocycles. The summed E-state index contributed by atoms with van der Waals surface area (Å²) in [4.78, 5) is 20.6. The number of carbonyl (C=O) groups is 1. The molecule has 2 aliphatic heterocycles. The fourth-order valence-corrected chi connectivity index (χ4v) is 3.88. The first-order valence-electron chi connectivity index (χ1n) is 9.02. The number of fused-ring (bicyclic) bond motifs is 1. The fourth-order valence-electron chi connectivity index (χ4n) is 3.88. The summed E-state index contributed by atoms with van der Waals surface area (Å²) < 4.78 is 7.44. The van der Waals surface area contributed by atoms with Crippen molar-refractivity contribution in [2.75, 3.05) is 39.4 Å². The Morgan fingerprint density at radius 2 is 2.12 bits per heavy atom. The normalized spacial score (nSPS) is 22.0. The monoisotopic (exact) mass is 343 g/mol. The first kappa shape index (κ1) is 16.5. The number of morpholine rings is 1. The highest BCUT2D eigenvalue weighted by Crippen LogP contribution is 2.28. The summed E-state index contributed by atoms with van der Waals surface area (Å²) in [5.74, 6) is 0.474. The molecule has 4 rings (SSSR count). The van der Waals surface area contributed by atoms with Gasteiger partial charge in [0.05, 0.1) is 24.6 Å². The molecule has 0 spiro atoms. The van der Waals surface area contributed by atoms with Gasteiger partial charge in [-0.1, -0.05) is 0 Å². The minimum absolute atomic E-state index is 0.150. The predicted octanol–water partition coefficient (Wildman–Crippen LogP) is 1.21. The largest absolute Gasteiger partial charge is 0.379 e. The van der Waals surface area contributed by atoms with Crippen LogP contribution in [0.4, 0.5) is 0 Å². The minimum atomic E-state index is 0.150. The van der Waals surface area contributed by atoms with Gasteiger partial charge in [-0.3, -0.25) is 9.69 Å². The van der Waals surface area contributed by atoms with Crippen LogP contribution in [0.3, 0.4) is 0 Å². The molecule has 7 heteroatoms. The van der Waals surface area contributed by atoms with Crippen LogP contribution in [0.15, 0.2) is 12.3 Å². The highest BCUT2D eigenvalue weighted by atomic mass is 16.5. The van der Waals surface area contributed by atoms with Crippen molar-refractivity contribution in [1.29, 1.82) is 0 Å². The zero-order valence-corrected chi connectivity index (χ0v) is 14.9. The summed E-state index contributed by atoms with van der Waals surface area (Å²) in [6, 6.07) is 2.05. The Kier molecular flexibility index (Phi) is 4.43. The van der Waals surface area contributed by atoms with E-state index in [0.717, 1.165) is 69.4 Å². The van der Waals surface area contributed by atoms with Gasteiger partial charge in [0, 0.05) is 57.3 Å². The van der Waals surface area contributed by atoms with Gasteiger partial charge in [-0.15, -0.1) is 0 Å². The lowest BCUT2D eigenvalue weighted by atomic mass is 10.0. The second-order valence-electron chi connectivity index (χ2n) is 7.01. The van der Waals surface area contributed by atoms with Crippen LogP contribution >= 0.6 is 0 Å². The second kappa shape index (κ2) is 6.72. The van der Waals surface area contributed by atoms with E-state index in [-0.39, 0.29) is 5.91 Å². The van der Waals surface area contributed by atoms with Gasteiger partial charge in [0.1, 0.15) is 0 Å². The van der Waals surface area contributed by atoms with Gasteiger partial charge >= 0.3 is 0 Å². The zero-order valence-electron chi connectivity index (χ0n) is 14.9. The van der Waals surface area contributed by atoms with Crippen molar-refractivity contribution in [2.24, 2.45) is 0 Å². The molecule has 2 aromatic rings. The number of likely N-dealkylation sites (tertiary alicyclic amines) is 1. The highest BCUT2D eigenvalue weighted by Gasteiger charge is 2.28. The Morgan fingerprint density at radius 1 is 1.32 bits per heavy atom. The second-order valence-corrected chi connectivity index (χ2v) is 7.01. The summed E-state index contributed by atoms with van der Waals surface area (Å²) in [6.45, 7) is 9.64. The molecule has 0 aromatic carbocycles. The Morgan fingerprint density at radius 3 is 2.84 bits per heavy atom. The molecule has 2 saturated heterocycles. The molecule has 1 atom stereocenters. The SMILES string of the molecule is CC(=O)N1CC[C@@H](c2ccnc3c(CN4CCOCC4)c(C)nn23)C1. The maximum absolute atomic E-state index is 11.6. The van der Waals surface area contributed by atoms with Crippen LogP contribution in [-0.2, 0) is 16.1 Å². The number of rotatable bonds is 3. The van der Waals surface area contributed by atoms with Gasteiger partial charge in [0.15, 0.2) is 5.65 Å². The van der Waals surface area contributed by atoms with Crippen molar-refractivity contribution < 1.29 is 9.53 Å². The first-order valence-corrected chi connectivity index (χ1v) is 9.02. The van der Waals surface area contributed by atoms with Crippen molar-refractivity contribution in [1.82, 2.24) is 24.4 Å². The zero-order chi connectivity index (χ0) is 17.4. The summed E-state index contributed by atoms with van der Waals surface area (Å²) in [7, 11) is 0. The minimum Gasteiger partial charge on any atom is -0.379 e. The smallest absolute Gasteiger partial charge is 0.219 e. The molecular weight excluding hydrogens is 318 g/mol. The molecule has 1 amide bonds. The van der Waals surface area contributed by atoms with Crippen molar-refractivity contribution in [2.45, 2.75) is 32.7 Å². The maximum Gasteiger partial charge on any atom is 0.219 e. The fraction of sp³-hybridized carbons (Fsp3) is 0.611. The van der Waals surface area contributed by atoms with E-state index in [0.29, 0.717) is 5.92 Å². The molecule has 7 nitrogen and oxygen atoms in total. The van der Waals surface area contributed by atoms with Gasteiger partial charge in [0.2, 0.25) is 5.91 Å². The Bertz CT molecular complexity index is 781. The molecule has 0 N–H and O–H groups in total. The van der Waals surface area contributed by atoms with Crippen molar-refractivity contribution >= 4 is 11.6 Å². The van der Waals surface area contributed by atoms with Crippen LogP contribution in [0.25, 0.3) is 5.65 Å². The average Bonchev–Trinajstić information content (AvgIpc) is 3.22. The van der Waals surface area contributed by atoms with Gasteiger partial charge in [-0.2, -0.15) is 5.10 Å². The lowest BCUT2D eigenvalue weighted by Crippen LogP contribution is -2.35. The molecule has 2 fully saturated rings. The number of hydrogen-bond acceptors (Lipinski definition) is 5. The van der Waals surface area contributed by atoms with E-state index in [1.807, 2.05) is 21.7 Å². The third-order valence-electron chi connectivity index (χ3n) is 5.38. The molecule has 0 unspecified atom stereocenters. The Labute approximate surface area is 147 Å². The molecular formula is C18H25N5O2. The maximum atomic E-state index is 11.6. The number of carbonyl (C=O) groups excluding carboxylic acids is 1. The molecule has 2 aromatic heterocycles. The number of aryl methyl sites for hydroxylation is 1. The molecule has 25 heavy (non-hydrogen) atoms. The third kappa shape index (κ3) is 3.14. The standard InChI is InChI=1S/C18H25N5O2/c1-13-16(12-21-7-9-25-10-8-21)18-19-5-3-17(23(18)20-13)15-4-6-22(11-15)14(2)24/h3,5,15H,4,6-12H2,1-2H3/t15-/m1/s1.